The molecule has 0 radical (unpaired) electrons. The van der Waals surface area contributed by atoms with Gasteiger partial charge in [0.15, 0.2) is 0 Å². The first-order valence-electron chi connectivity index (χ1n) is 11.6. The molecule has 0 bridgehead atoms. The molecular weight excluding hydrogens is 444 g/mol. The van der Waals surface area contributed by atoms with Crippen molar-refractivity contribution < 1.29 is 14.3 Å². The van der Waals surface area contributed by atoms with E-state index in [0.717, 1.165) is 59.0 Å². The van der Waals surface area contributed by atoms with E-state index in [2.05, 4.69) is 11.4 Å². The highest BCUT2D eigenvalue weighted by Gasteiger charge is 2.28. The van der Waals surface area contributed by atoms with E-state index >= 15 is 0 Å². The van der Waals surface area contributed by atoms with Gasteiger partial charge >= 0.3 is 5.97 Å². The smallest absolute Gasteiger partial charge is 0.341 e. The summed E-state index contributed by atoms with van der Waals surface area (Å²) in [4.78, 5) is 32.4. The fourth-order valence-electron chi connectivity index (χ4n) is 4.56. The van der Waals surface area contributed by atoms with Crippen LogP contribution in [0.5, 0.6) is 0 Å². The molecular formula is C28H26N2O3S. The highest BCUT2D eigenvalue weighted by molar-refractivity contribution is 7.17. The van der Waals surface area contributed by atoms with Crippen LogP contribution in [0, 0.1) is 6.92 Å². The molecule has 0 saturated carbocycles. The minimum Gasteiger partial charge on any atom is -0.462 e. The molecule has 6 heteroatoms. The van der Waals surface area contributed by atoms with Gasteiger partial charge in [-0.3, -0.25) is 4.79 Å². The Morgan fingerprint density at radius 2 is 1.88 bits per heavy atom. The lowest BCUT2D eigenvalue weighted by Crippen LogP contribution is -2.16. The van der Waals surface area contributed by atoms with E-state index in [4.69, 9.17) is 9.72 Å². The largest absolute Gasteiger partial charge is 0.462 e. The quantitative estimate of drug-likeness (QED) is 0.335. The Kier molecular flexibility index (Phi) is 6.16. The summed E-state index contributed by atoms with van der Waals surface area (Å²) in [7, 11) is 0. The van der Waals surface area contributed by atoms with Gasteiger partial charge in [-0.1, -0.05) is 42.0 Å². The first-order chi connectivity index (χ1) is 16.5. The molecule has 34 heavy (non-hydrogen) atoms. The van der Waals surface area contributed by atoms with Gasteiger partial charge in [-0.2, -0.15) is 0 Å². The number of pyridine rings is 1. The molecule has 2 aromatic carbocycles. The normalized spacial score (nSPS) is 12.9. The molecule has 1 N–H and O–H groups in total. The van der Waals surface area contributed by atoms with E-state index in [1.54, 1.807) is 6.92 Å². The van der Waals surface area contributed by atoms with E-state index in [0.29, 0.717) is 22.7 Å². The lowest BCUT2D eigenvalue weighted by Gasteiger charge is -2.13. The predicted molar refractivity (Wildman–Crippen MR) is 137 cm³/mol. The highest BCUT2D eigenvalue weighted by Crippen LogP contribution is 2.39. The van der Waals surface area contributed by atoms with Crippen LogP contribution in [-0.2, 0) is 17.6 Å². The fraction of sp³-hybridized carbons (Fsp3) is 0.250. The molecule has 4 aromatic rings. The van der Waals surface area contributed by atoms with E-state index in [1.165, 1.54) is 16.2 Å². The number of carbonyl (C=O) groups is 2. The molecule has 172 valence electrons. The number of nitrogens with zero attached hydrogens (tertiary/aromatic N) is 1. The zero-order valence-corrected chi connectivity index (χ0v) is 20.1. The van der Waals surface area contributed by atoms with Crippen LogP contribution in [0.2, 0.25) is 0 Å². The van der Waals surface area contributed by atoms with E-state index in [1.807, 2.05) is 55.5 Å². The van der Waals surface area contributed by atoms with Crippen molar-refractivity contribution in [2.75, 3.05) is 11.9 Å². The molecule has 1 aliphatic rings. The standard InChI is InChI=1S/C28H26N2O3S/c1-3-33-28(32)25-20-12-5-7-14-24(20)34-27(25)30-26(31)21-16-23(18-10-8-9-17(2)15-18)29-22-13-6-4-11-19(21)22/h4,6,8-11,13,15-16H,3,5,7,12,14H2,1-2H3,(H,30,31). The van der Waals surface area contributed by atoms with E-state index in [-0.39, 0.29) is 11.9 Å². The zero-order chi connectivity index (χ0) is 23.7. The number of aryl methyl sites for hydroxylation is 2. The number of esters is 1. The number of hydrogen-bond donors (Lipinski definition) is 1. The molecule has 0 fully saturated rings. The van der Waals surface area contributed by atoms with Gasteiger partial charge in [-0.25, -0.2) is 9.78 Å². The maximum absolute atomic E-state index is 13.6. The van der Waals surface area contributed by atoms with Crippen molar-refractivity contribution in [2.45, 2.75) is 39.5 Å². The SMILES string of the molecule is CCOC(=O)c1c(NC(=O)c2cc(-c3cccc(C)c3)nc3ccccc23)sc2c1CCCC2. The second-order valence-corrected chi connectivity index (χ2v) is 9.64. The summed E-state index contributed by atoms with van der Waals surface area (Å²) >= 11 is 1.50. The molecule has 1 amide bonds. The number of nitrogens with one attached hydrogen (secondary N) is 1. The topological polar surface area (TPSA) is 68.3 Å². The summed E-state index contributed by atoms with van der Waals surface area (Å²) in [6.07, 6.45) is 3.90. The van der Waals surface area contributed by atoms with Crippen LogP contribution < -0.4 is 5.32 Å². The van der Waals surface area contributed by atoms with E-state index < -0.39 is 0 Å². The number of carbonyl (C=O) groups excluding carboxylic acids is 2. The average molecular weight is 471 g/mol. The molecule has 0 aliphatic heterocycles. The first-order valence-corrected chi connectivity index (χ1v) is 12.5. The van der Waals surface area contributed by atoms with Crippen LogP contribution in [0.1, 0.15) is 56.5 Å². The van der Waals surface area contributed by atoms with Gasteiger partial charge in [0, 0.05) is 15.8 Å². The van der Waals surface area contributed by atoms with Crippen LogP contribution in [0.15, 0.2) is 54.6 Å². The summed E-state index contributed by atoms with van der Waals surface area (Å²) in [5.74, 6) is -0.617. The molecule has 0 unspecified atom stereocenters. The van der Waals surface area contributed by atoms with Gasteiger partial charge in [0.25, 0.3) is 5.91 Å². The van der Waals surface area contributed by atoms with Crippen molar-refractivity contribution in [3.8, 4) is 11.3 Å². The van der Waals surface area contributed by atoms with Gasteiger partial charge in [0.05, 0.1) is 28.9 Å². The summed E-state index contributed by atoms with van der Waals surface area (Å²) in [5.41, 5.74) is 5.66. The number of ether oxygens (including phenoxy) is 1. The Hall–Kier alpha value is -3.51. The molecule has 0 saturated heterocycles. The minimum atomic E-state index is -0.364. The molecule has 0 atom stereocenters. The van der Waals surface area contributed by atoms with Gasteiger partial charge in [-0.15, -0.1) is 11.3 Å². The third kappa shape index (κ3) is 4.21. The number of thiophene rings is 1. The molecule has 2 aromatic heterocycles. The van der Waals surface area contributed by atoms with Crippen LogP contribution in [0.25, 0.3) is 22.2 Å². The predicted octanol–water partition coefficient (Wildman–Crippen LogP) is 6.58. The van der Waals surface area contributed by atoms with Crippen molar-refractivity contribution >= 4 is 39.1 Å². The second-order valence-electron chi connectivity index (χ2n) is 8.53. The Labute approximate surface area is 202 Å². The molecule has 0 spiro atoms. The number of fused-ring (bicyclic) bond motifs is 2. The van der Waals surface area contributed by atoms with Crippen molar-refractivity contribution in [1.82, 2.24) is 4.98 Å². The summed E-state index contributed by atoms with van der Waals surface area (Å²) < 4.78 is 5.35. The molecule has 5 nitrogen and oxygen atoms in total. The van der Waals surface area contributed by atoms with Crippen LogP contribution in [0.4, 0.5) is 5.00 Å². The van der Waals surface area contributed by atoms with Gasteiger partial charge < -0.3 is 10.1 Å². The zero-order valence-electron chi connectivity index (χ0n) is 19.3. The maximum atomic E-state index is 13.6. The number of anilines is 1. The third-order valence-electron chi connectivity index (χ3n) is 6.15. The monoisotopic (exact) mass is 470 g/mol. The average Bonchev–Trinajstić information content (AvgIpc) is 3.21. The summed E-state index contributed by atoms with van der Waals surface area (Å²) in [5, 5.41) is 4.41. The number of para-hydroxylation sites is 1. The fourth-order valence-corrected chi connectivity index (χ4v) is 5.83. The van der Waals surface area contributed by atoms with Crippen LogP contribution in [0.3, 0.4) is 0 Å². The number of amides is 1. The lowest BCUT2D eigenvalue weighted by atomic mass is 9.95. The van der Waals surface area contributed by atoms with Gasteiger partial charge in [0.1, 0.15) is 5.00 Å². The summed E-state index contributed by atoms with van der Waals surface area (Å²) in [6.45, 7) is 4.13. The Morgan fingerprint density at radius 3 is 2.71 bits per heavy atom. The van der Waals surface area contributed by atoms with Crippen LogP contribution >= 0.6 is 11.3 Å². The van der Waals surface area contributed by atoms with Crippen molar-refractivity contribution in [3.63, 3.8) is 0 Å². The Morgan fingerprint density at radius 1 is 1.06 bits per heavy atom. The number of benzene rings is 2. The number of aromatic nitrogens is 1. The van der Waals surface area contributed by atoms with Crippen molar-refractivity contribution in [3.05, 3.63) is 81.7 Å². The van der Waals surface area contributed by atoms with E-state index in [9.17, 15) is 9.59 Å². The second kappa shape index (κ2) is 9.39. The van der Waals surface area contributed by atoms with Crippen LogP contribution in [-0.4, -0.2) is 23.5 Å². The van der Waals surface area contributed by atoms with Crippen molar-refractivity contribution in [1.29, 1.82) is 0 Å². The molecule has 2 heterocycles. The Bertz CT molecular complexity index is 1410. The van der Waals surface area contributed by atoms with Gasteiger partial charge in [0.2, 0.25) is 0 Å². The highest BCUT2D eigenvalue weighted by atomic mass is 32.1. The maximum Gasteiger partial charge on any atom is 0.341 e. The molecule has 5 rings (SSSR count). The first kappa shape index (κ1) is 22.3. The third-order valence-corrected chi connectivity index (χ3v) is 7.36. The minimum absolute atomic E-state index is 0.253. The summed E-state index contributed by atoms with van der Waals surface area (Å²) in [6, 6.07) is 17.6. The van der Waals surface area contributed by atoms with Crippen molar-refractivity contribution in [2.24, 2.45) is 0 Å². The van der Waals surface area contributed by atoms with Gasteiger partial charge in [-0.05, 0) is 63.3 Å². The number of hydrogen-bond acceptors (Lipinski definition) is 5. The Balaban J connectivity index is 1.58. The number of rotatable bonds is 5. The lowest BCUT2D eigenvalue weighted by molar-refractivity contribution is 0.0526. The molecule has 1 aliphatic carbocycles.